The first-order valence-electron chi connectivity index (χ1n) is 4.38. The van der Waals surface area contributed by atoms with E-state index in [2.05, 4.69) is 15.9 Å². The number of carbonyl (C=O) groups excluding carboxylic acids is 1. The number of Topliss-reactive ketones (excluding diaryl/α,β-unsaturated/α-hetero) is 1. The molecule has 0 aromatic heterocycles. The minimum absolute atomic E-state index is 0.0962. The van der Waals surface area contributed by atoms with Crippen LogP contribution in [0.25, 0.3) is 0 Å². The average Bonchev–Trinajstić information content (AvgIpc) is 2.19. The predicted molar refractivity (Wildman–Crippen MR) is 58.4 cm³/mol. The summed E-state index contributed by atoms with van der Waals surface area (Å²) in [6.45, 7) is 0. The van der Waals surface area contributed by atoms with Gasteiger partial charge in [-0.1, -0.05) is 28.1 Å². The minimum Gasteiger partial charge on any atom is -0.398 e. The van der Waals surface area contributed by atoms with Crippen LogP contribution in [0.15, 0.2) is 18.2 Å². The molecular weight excluding hydrogens is 287 g/mol. The molecule has 2 nitrogen and oxygen atoms in total. The van der Waals surface area contributed by atoms with Crippen LogP contribution in [0.3, 0.4) is 0 Å². The third kappa shape index (κ3) is 2.98. The van der Waals surface area contributed by atoms with Gasteiger partial charge < -0.3 is 5.73 Å². The molecule has 0 unspecified atom stereocenters. The third-order valence-corrected chi connectivity index (χ3v) is 2.66. The number of benzene rings is 1. The molecule has 0 bridgehead atoms. The maximum Gasteiger partial charge on any atom is 0.418 e. The maximum atomic E-state index is 12.5. The highest BCUT2D eigenvalue weighted by molar-refractivity contribution is 9.09. The fourth-order valence-electron chi connectivity index (χ4n) is 1.27. The van der Waals surface area contributed by atoms with E-state index in [4.69, 9.17) is 5.73 Å². The number of nitrogens with two attached hydrogens (primary N) is 1. The van der Waals surface area contributed by atoms with Crippen molar-refractivity contribution in [2.24, 2.45) is 0 Å². The summed E-state index contributed by atoms with van der Waals surface area (Å²) in [7, 11) is 0. The summed E-state index contributed by atoms with van der Waals surface area (Å²) in [5, 5.41) is 0.0999. The van der Waals surface area contributed by atoms with Crippen LogP contribution in [0.4, 0.5) is 18.9 Å². The van der Waals surface area contributed by atoms with E-state index in [9.17, 15) is 18.0 Å². The fraction of sp³-hybridized carbons (Fsp3) is 0.300. The Balaban J connectivity index is 3.09. The summed E-state index contributed by atoms with van der Waals surface area (Å²) >= 11 is 2.94. The molecular formula is C10H9BrF3NO. The molecule has 0 fully saturated rings. The first kappa shape index (κ1) is 13.0. The van der Waals surface area contributed by atoms with Crippen molar-refractivity contribution in [2.75, 3.05) is 11.1 Å². The van der Waals surface area contributed by atoms with Crippen LogP contribution in [0.2, 0.25) is 0 Å². The summed E-state index contributed by atoms with van der Waals surface area (Å²) in [6, 6.07) is 3.57. The van der Waals surface area contributed by atoms with Gasteiger partial charge in [0.2, 0.25) is 0 Å². The zero-order chi connectivity index (χ0) is 12.3. The van der Waals surface area contributed by atoms with Crippen LogP contribution in [0.1, 0.15) is 11.1 Å². The highest BCUT2D eigenvalue weighted by Gasteiger charge is 2.33. The Morgan fingerprint density at radius 2 is 2.00 bits per heavy atom. The lowest BCUT2D eigenvalue weighted by Gasteiger charge is -2.12. The third-order valence-electron chi connectivity index (χ3n) is 2.04. The standard InChI is InChI=1S/C10H9BrF3NO/c11-5-7(16)4-6-2-1-3-8(9(6)15)10(12,13)14/h1-3H,4-5,15H2. The zero-order valence-corrected chi connectivity index (χ0v) is 9.73. The van der Waals surface area contributed by atoms with E-state index in [0.29, 0.717) is 0 Å². The van der Waals surface area contributed by atoms with Gasteiger partial charge in [0.25, 0.3) is 0 Å². The SMILES string of the molecule is Nc1c(CC(=O)CBr)cccc1C(F)(F)F. The van der Waals surface area contributed by atoms with Gasteiger partial charge in [-0.3, -0.25) is 4.79 Å². The second kappa shape index (κ2) is 4.86. The Labute approximate surface area is 98.8 Å². The van der Waals surface area contributed by atoms with Crippen LogP contribution in [-0.2, 0) is 17.4 Å². The number of para-hydroxylation sites is 1. The van der Waals surface area contributed by atoms with Gasteiger partial charge in [0.05, 0.1) is 10.9 Å². The number of anilines is 1. The average molecular weight is 296 g/mol. The number of halogens is 4. The Kier molecular flexibility index (Phi) is 3.96. The molecule has 6 heteroatoms. The number of alkyl halides is 4. The molecule has 0 radical (unpaired) electrons. The van der Waals surface area contributed by atoms with Crippen LogP contribution in [0, 0.1) is 0 Å². The van der Waals surface area contributed by atoms with E-state index < -0.39 is 11.7 Å². The molecule has 88 valence electrons. The van der Waals surface area contributed by atoms with Crippen molar-refractivity contribution in [1.29, 1.82) is 0 Å². The molecule has 1 aromatic carbocycles. The lowest BCUT2D eigenvalue weighted by Crippen LogP contribution is -2.13. The van der Waals surface area contributed by atoms with Gasteiger partial charge >= 0.3 is 6.18 Å². The molecule has 0 amide bonds. The summed E-state index contributed by atoms with van der Waals surface area (Å²) in [4.78, 5) is 11.1. The molecule has 16 heavy (non-hydrogen) atoms. The molecule has 0 saturated carbocycles. The molecule has 0 spiro atoms. The van der Waals surface area contributed by atoms with Gasteiger partial charge in [-0.15, -0.1) is 0 Å². The van der Waals surface area contributed by atoms with Crippen LogP contribution in [-0.4, -0.2) is 11.1 Å². The van der Waals surface area contributed by atoms with Crippen LogP contribution >= 0.6 is 15.9 Å². The quantitative estimate of drug-likeness (QED) is 0.688. The maximum absolute atomic E-state index is 12.5. The van der Waals surface area contributed by atoms with Gasteiger partial charge in [-0.2, -0.15) is 13.2 Å². The van der Waals surface area contributed by atoms with E-state index in [1.54, 1.807) is 0 Å². The smallest absolute Gasteiger partial charge is 0.398 e. The van der Waals surface area contributed by atoms with E-state index in [1.807, 2.05) is 0 Å². The van der Waals surface area contributed by atoms with Gasteiger partial charge in [0, 0.05) is 12.1 Å². The van der Waals surface area contributed by atoms with Gasteiger partial charge in [-0.25, -0.2) is 0 Å². The summed E-state index contributed by atoms with van der Waals surface area (Å²) in [6.07, 6.45) is -4.58. The Bertz CT molecular complexity index is 404. The van der Waals surface area contributed by atoms with Gasteiger partial charge in [0.1, 0.15) is 5.78 Å². The Morgan fingerprint density at radius 1 is 1.38 bits per heavy atom. The van der Waals surface area contributed by atoms with Crippen molar-refractivity contribution in [3.05, 3.63) is 29.3 Å². The lowest BCUT2D eigenvalue weighted by atomic mass is 10.0. The van der Waals surface area contributed by atoms with Crippen LogP contribution < -0.4 is 5.73 Å². The molecule has 0 atom stereocenters. The summed E-state index contributed by atoms with van der Waals surface area (Å²) in [5.74, 6) is -0.217. The second-order valence-electron chi connectivity index (χ2n) is 3.23. The molecule has 0 aliphatic carbocycles. The molecule has 1 aromatic rings. The number of hydrogen-bond acceptors (Lipinski definition) is 2. The molecule has 0 saturated heterocycles. The zero-order valence-electron chi connectivity index (χ0n) is 8.14. The number of rotatable bonds is 3. The topological polar surface area (TPSA) is 43.1 Å². The fourth-order valence-corrected chi connectivity index (χ4v) is 1.47. The highest BCUT2D eigenvalue weighted by atomic mass is 79.9. The predicted octanol–water partition coefficient (Wildman–Crippen LogP) is 2.79. The molecule has 0 heterocycles. The number of ketones is 1. The monoisotopic (exact) mass is 295 g/mol. The normalized spacial score (nSPS) is 11.5. The van der Waals surface area contributed by atoms with Crippen molar-refractivity contribution in [3.8, 4) is 0 Å². The first-order valence-corrected chi connectivity index (χ1v) is 5.50. The van der Waals surface area contributed by atoms with Gasteiger partial charge in [0.15, 0.2) is 0 Å². The highest BCUT2D eigenvalue weighted by Crippen LogP contribution is 2.35. The molecule has 1 rings (SSSR count). The van der Waals surface area contributed by atoms with E-state index in [1.165, 1.54) is 12.1 Å². The van der Waals surface area contributed by atoms with E-state index >= 15 is 0 Å². The van der Waals surface area contributed by atoms with Crippen molar-refractivity contribution >= 4 is 27.4 Å². The first-order chi connectivity index (χ1) is 7.36. The van der Waals surface area contributed by atoms with E-state index in [0.717, 1.165) is 6.07 Å². The molecule has 2 N–H and O–H groups in total. The van der Waals surface area contributed by atoms with Crippen molar-refractivity contribution in [2.45, 2.75) is 12.6 Å². The number of nitrogen functional groups attached to an aromatic ring is 1. The number of hydrogen-bond donors (Lipinski definition) is 1. The Morgan fingerprint density at radius 3 is 2.50 bits per heavy atom. The summed E-state index contributed by atoms with van der Waals surface area (Å²) < 4.78 is 37.4. The number of carbonyl (C=O) groups is 1. The lowest BCUT2D eigenvalue weighted by molar-refractivity contribution is -0.137. The molecule has 0 aliphatic heterocycles. The Hall–Kier alpha value is -1.04. The largest absolute Gasteiger partial charge is 0.418 e. The van der Waals surface area contributed by atoms with Crippen molar-refractivity contribution in [1.82, 2.24) is 0 Å². The second-order valence-corrected chi connectivity index (χ2v) is 3.79. The van der Waals surface area contributed by atoms with E-state index in [-0.39, 0.29) is 28.8 Å². The molecule has 0 aliphatic rings. The van der Waals surface area contributed by atoms with Crippen molar-refractivity contribution < 1.29 is 18.0 Å². The minimum atomic E-state index is -4.49. The van der Waals surface area contributed by atoms with Gasteiger partial charge in [-0.05, 0) is 11.6 Å². The van der Waals surface area contributed by atoms with Crippen LogP contribution in [0.5, 0.6) is 0 Å². The van der Waals surface area contributed by atoms with Crippen molar-refractivity contribution in [3.63, 3.8) is 0 Å². The summed E-state index contributed by atoms with van der Waals surface area (Å²) in [5.41, 5.74) is 4.33.